The zero-order valence-electron chi connectivity index (χ0n) is 16.6. The first kappa shape index (κ1) is 20.2. The van der Waals surface area contributed by atoms with Gasteiger partial charge in [-0.3, -0.25) is 9.78 Å². The first-order valence-electron chi connectivity index (χ1n) is 9.82. The van der Waals surface area contributed by atoms with Crippen LogP contribution in [-0.4, -0.2) is 30.0 Å². The summed E-state index contributed by atoms with van der Waals surface area (Å²) in [5.74, 6) is -0.138. The summed E-state index contributed by atoms with van der Waals surface area (Å²) in [5.41, 5.74) is 9.14. The van der Waals surface area contributed by atoms with E-state index in [1.54, 1.807) is 6.20 Å². The number of aromatic nitrogens is 1. The van der Waals surface area contributed by atoms with Crippen LogP contribution < -0.4 is 5.73 Å². The molecule has 1 unspecified atom stereocenters. The number of Topliss-reactive ketones (excluding diaryl/α,β-unsaturated/α-hetero) is 1. The van der Waals surface area contributed by atoms with Gasteiger partial charge in [-0.05, 0) is 48.4 Å². The number of ether oxygens (including phenoxy) is 1. The average Bonchev–Trinajstić information content (AvgIpc) is 2.69. The van der Waals surface area contributed by atoms with Crippen LogP contribution >= 0.6 is 0 Å². The molecule has 0 saturated carbocycles. The van der Waals surface area contributed by atoms with Crippen LogP contribution in [0, 0.1) is 0 Å². The SMILES string of the molecule is CC(C)OCCc1ccc(C(CN)C(=O)Cc2ccc3cnccc3c2)cc1. The number of hydrogen-bond donors (Lipinski definition) is 1. The summed E-state index contributed by atoms with van der Waals surface area (Å²) < 4.78 is 5.60. The molecule has 2 N–H and O–H groups in total. The maximum absolute atomic E-state index is 12.9. The van der Waals surface area contributed by atoms with E-state index in [1.807, 2.05) is 50.4 Å². The summed E-state index contributed by atoms with van der Waals surface area (Å²) in [4.78, 5) is 17.0. The number of fused-ring (bicyclic) bond motifs is 1. The van der Waals surface area contributed by atoms with Crippen molar-refractivity contribution in [2.45, 2.75) is 38.7 Å². The largest absolute Gasteiger partial charge is 0.378 e. The van der Waals surface area contributed by atoms with Crippen molar-refractivity contribution in [2.24, 2.45) is 5.73 Å². The number of pyridine rings is 1. The normalized spacial score (nSPS) is 12.4. The topological polar surface area (TPSA) is 65.2 Å². The van der Waals surface area contributed by atoms with Gasteiger partial charge >= 0.3 is 0 Å². The van der Waals surface area contributed by atoms with Crippen LogP contribution in [0.15, 0.2) is 60.9 Å². The minimum Gasteiger partial charge on any atom is -0.378 e. The van der Waals surface area contributed by atoms with Gasteiger partial charge in [-0.2, -0.15) is 0 Å². The average molecular weight is 377 g/mol. The molecule has 1 atom stereocenters. The molecule has 28 heavy (non-hydrogen) atoms. The van der Waals surface area contributed by atoms with Crippen molar-refractivity contribution in [1.29, 1.82) is 0 Å². The molecule has 0 aliphatic rings. The fourth-order valence-corrected chi connectivity index (χ4v) is 3.35. The van der Waals surface area contributed by atoms with E-state index < -0.39 is 0 Å². The molecular weight excluding hydrogens is 348 g/mol. The lowest BCUT2D eigenvalue weighted by molar-refractivity contribution is -0.119. The number of hydrogen-bond acceptors (Lipinski definition) is 4. The highest BCUT2D eigenvalue weighted by molar-refractivity contribution is 5.89. The van der Waals surface area contributed by atoms with E-state index in [4.69, 9.17) is 10.5 Å². The Morgan fingerprint density at radius 2 is 1.79 bits per heavy atom. The van der Waals surface area contributed by atoms with E-state index >= 15 is 0 Å². The fraction of sp³-hybridized carbons (Fsp3) is 0.333. The molecule has 4 heteroatoms. The van der Waals surface area contributed by atoms with Gasteiger partial charge in [0.15, 0.2) is 0 Å². The Labute approximate surface area is 166 Å². The molecule has 0 saturated heterocycles. The third kappa shape index (κ3) is 5.24. The van der Waals surface area contributed by atoms with Crippen molar-refractivity contribution >= 4 is 16.6 Å². The summed E-state index contributed by atoms with van der Waals surface area (Å²) in [6.45, 7) is 5.08. The van der Waals surface area contributed by atoms with Crippen LogP contribution in [0.25, 0.3) is 10.8 Å². The van der Waals surface area contributed by atoms with E-state index in [2.05, 4.69) is 23.2 Å². The number of ketones is 1. The van der Waals surface area contributed by atoms with E-state index in [-0.39, 0.29) is 17.8 Å². The Morgan fingerprint density at radius 3 is 2.50 bits per heavy atom. The van der Waals surface area contributed by atoms with Gasteiger partial charge in [-0.1, -0.05) is 42.5 Å². The van der Waals surface area contributed by atoms with Gasteiger partial charge in [-0.15, -0.1) is 0 Å². The second-order valence-corrected chi connectivity index (χ2v) is 7.40. The second kappa shape index (κ2) is 9.58. The quantitative estimate of drug-likeness (QED) is 0.612. The molecule has 2 aromatic carbocycles. The van der Waals surface area contributed by atoms with Gasteiger partial charge in [0.2, 0.25) is 0 Å². The monoisotopic (exact) mass is 376 g/mol. The predicted molar refractivity (Wildman–Crippen MR) is 113 cm³/mol. The fourth-order valence-electron chi connectivity index (χ4n) is 3.35. The molecule has 1 aromatic heterocycles. The van der Waals surface area contributed by atoms with Crippen molar-refractivity contribution in [3.8, 4) is 0 Å². The number of nitrogens with zero attached hydrogens (tertiary/aromatic N) is 1. The molecular formula is C24H28N2O2. The lowest BCUT2D eigenvalue weighted by Gasteiger charge is -2.15. The van der Waals surface area contributed by atoms with E-state index in [1.165, 1.54) is 5.56 Å². The zero-order chi connectivity index (χ0) is 19.9. The maximum atomic E-state index is 12.9. The number of rotatable bonds is 9. The Hall–Kier alpha value is -2.56. The van der Waals surface area contributed by atoms with Gasteiger partial charge < -0.3 is 10.5 Å². The van der Waals surface area contributed by atoms with E-state index in [0.717, 1.165) is 28.3 Å². The van der Waals surface area contributed by atoms with Gasteiger partial charge in [0.05, 0.1) is 18.6 Å². The molecule has 4 nitrogen and oxygen atoms in total. The molecule has 146 valence electrons. The molecule has 0 bridgehead atoms. The standard InChI is InChI=1S/C24H28N2O2/c1-17(2)28-12-10-18-3-6-20(7-4-18)23(15-25)24(27)14-19-5-8-22-16-26-11-9-21(22)13-19/h3-9,11,13,16-17,23H,10,12,14-15,25H2,1-2H3. The summed E-state index contributed by atoms with van der Waals surface area (Å²) in [5, 5.41) is 2.17. The first-order valence-corrected chi connectivity index (χ1v) is 9.82. The molecule has 0 aliphatic heterocycles. The molecule has 0 fully saturated rings. The Balaban J connectivity index is 1.66. The number of carbonyl (C=O) groups excluding carboxylic acids is 1. The predicted octanol–water partition coefficient (Wildman–Crippen LogP) is 4.06. The van der Waals surface area contributed by atoms with Crippen molar-refractivity contribution < 1.29 is 9.53 Å². The summed E-state index contributed by atoms with van der Waals surface area (Å²) in [6, 6.07) is 16.2. The number of carbonyl (C=O) groups is 1. The summed E-state index contributed by atoms with van der Waals surface area (Å²) in [7, 11) is 0. The molecule has 0 radical (unpaired) electrons. The number of nitrogens with two attached hydrogens (primary N) is 1. The van der Waals surface area contributed by atoms with Crippen molar-refractivity contribution in [3.63, 3.8) is 0 Å². The molecule has 3 rings (SSSR count). The highest BCUT2D eigenvalue weighted by atomic mass is 16.5. The minimum absolute atomic E-state index is 0.145. The smallest absolute Gasteiger partial charge is 0.145 e. The van der Waals surface area contributed by atoms with Crippen molar-refractivity contribution in [3.05, 3.63) is 77.6 Å². The lowest BCUT2D eigenvalue weighted by Crippen LogP contribution is -2.23. The zero-order valence-corrected chi connectivity index (χ0v) is 16.6. The third-order valence-electron chi connectivity index (χ3n) is 4.93. The molecule has 0 amide bonds. The lowest BCUT2D eigenvalue weighted by atomic mass is 9.90. The highest BCUT2D eigenvalue weighted by Crippen LogP contribution is 2.21. The van der Waals surface area contributed by atoms with Crippen LogP contribution in [-0.2, 0) is 22.4 Å². The summed E-state index contributed by atoms with van der Waals surface area (Å²) in [6.07, 6.45) is 5.09. The molecule has 3 aromatic rings. The van der Waals surface area contributed by atoms with E-state index in [9.17, 15) is 4.79 Å². The van der Waals surface area contributed by atoms with Crippen LogP contribution in [0.2, 0.25) is 0 Å². The Kier molecular flexibility index (Phi) is 6.90. The summed E-state index contributed by atoms with van der Waals surface area (Å²) >= 11 is 0. The number of benzene rings is 2. The molecule has 0 aliphatic carbocycles. The van der Waals surface area contributed by atoms with Crippen LogP contribution in [0.1, 0.15) is 36.5 Å². The van der Waals surface area contributed by atoms with Gasteiger partial charge in [-0.25, -0.2) is 0 Å². The van der Waals surface area contributed by atoms with Crippen molar-refractivity contribution in [2.75, 3.05) is 13.2 Å². The molecule has 1 heterocycles. The molecule has 0 spiro atoms. The van der Waals surface area contributed by atoms with Crippen LogP contribution in [0.5, 0.6) is 0 Å². The van der Waals surface area contributed by atoms with Crippen LogP contribution in [0.3, 0.4) is 0 Å². The van der Waals surface area contributed by atoms with Gasteiger partial charge in [0.25, 0.3) is 0 Å². The Bertz CT molecular complexity index is 919. The second-order valence-electron chi connectivity index (χ2n) is 7.40. The van der Waals surface area contributed by atoms with E-state index in [0.29, 0.717) is 19.6 Å². The van der Waals surface area contributed by atoms with Crippen LogP contribution in [0.4, 0.5) is 0 Å². The Morgan fingerprint density at radius 1 is 1.04 bits per heavy atom. The third-order valence-corrected chi connectivity index (χ3v) is 4.93. The minimum atomic E-state index is -0.283. The van der Waals surface area contributed by atoms with Gasteiger partial charge in [0, 0.05) is 30.7 Å². The first-order chi connectivity index (χ1) is 13.6. The highest BCUT2D eigenvalue weighted by Gasteiger charge is 2.19. The van der Waals surface area contributed by atoms with Gasteiger partial charge in [0.1, 0.15) is 5.78 Å². The maximum Gasteiger partial charge on any atom is 0.145 e. The van der Waals surface area contributed by atoms with Crippen molar-refractivity contribution in [1.82, 2.24) is 4.98 Å².